The van der Waals surface area contributed by atoms with Gasteiger partial charge in [0.2, 0.25) is 0 Å². The molecule has 0 fully saturated rings. The van der Waals surface area contributed by atoms with E-state index in [4.69, 9.17) is 0 Å². The molecule has 1 aromatic carbocycles. The Balaban J connectivity index is 1.38. The van der Waals surface area contributed by atoms with Gasteiger partial charge in [-0.1, -0.05) is 18.2 Å². The van der Waals surface area contributed by atoms with Gasteiger partial charge in [-0.3, -0.25) is 9.48 Å². The number of thiophene rings is 1. The predicted molar refractivity (Wildman–Crippen MR) is 111 cm³/mol. The molecule has 0 radical (unpaired) electrons. The van der Waals surface area contributed by atoms with E-state index in [2.05, 4.69) is 38.2 Å². The molecule has 4 aromatic rings. The van der Waals surface area contributed by atoms with E-state index in [-0.39, 0.29) is 11.9 Å². The van der Waals surface area contributed by atoms with Gasteiger partial charge in [0.15, 0.2) is 11.6 Å². The first kappa shape index (κ1) is 17.8. The number of nitrogens with zero attached hydrogens (tertiary/aromatic N) is 6. The summed E-state index contributed by atoms with van der Waals surface area (Å²) in [7, 11) is 1.88. The summed E-state index contributed by atoms with van der Waals surface area (Å²) >= 11 is 1.69. The smallest absolute Gasteiger partial charge is 0.254 e. The van der Waals surface area contributed by atoms with Gasteiger partial charge in [0.1, 0.15) is 0 Å². The zero-order valence-corrected chi connectivity index (χ0v) is 17.0. The van der Waals surface area contributed by atoms with Crippen LogP contribution in [0.3, 0.4) is 0 Å². The van der Waals surface area contributed by atoms with Crippen molar-refractivity contribution in [2.24, 2.45) is 7.05 Å². The second kappa shape index (κ2) is 6.97. The quantitative estimate of drug-likeness (QED) is 0.523. The van der Waals surface area contributed by atoms with Gasteiger partial charge in [0, 0.05) is 30.2 Å². The summed E-state index contributed by atoms with van der Waals surface area (Å²) in [6.45, 7) is 3.15. The SMILES string of the molecule is C[C@H]1CN(C(=O)c2ccc(-c3cccs3)cc2)Cc2nnc(-c3cnn(C)c3)n21. The van der Waals surface area contributed by atoms with Crippen LogP contribution in [0, 0.1) is 0 Å². The number of carbonyl (C=O) groups excluding carboxylic acids is 1. The molecule has 0 N–H and O–H groups in total. The van der Waals surface area contributed by atoms with Crippen molar-refractivity contribution < 1.29 is 4.79 Å². The zero-order chi connectivity index (χ0) is 20.0. The van der Waals surface area contributed by atoms with E-state index in [0.29, 0.717) is 18.7 Å². The molecule has 0 bridgehead atoms. The summed E-state index contributed by atoms with van der Waals surface area (Å²) in [5.41, 5.74) is 2.75. The highest BCUT2D eigenvalue weighted by Gasteiger charge is 2.30. The van der Waals surface area contributed by atoms with E-state index in [9.17, 15) is 4.79 Å². The lowest BCUT2D eigenvalue weighted by Gasteiger charge is -2.32. The molecule has 1 atom stereocenters. The van der Waals surface area contributed by atoms with Crippen LogP contribution in [0.1, 0.15) is 29.1 Å². The average Bonchev–Trinajstić information content (AvgIpc) is 3.48. The van der Waals surface area contributed by atoms with E-state index in [1.54, 1.807) is 22.2 Å². The summed E-state index contributed by atoms with van der Waals surface area (Å²) in [5.74, 6) is 1.62. The number of hydrogen-bond acceptors (Lipinski definition) is 5. The van der Waals surface area contributed by atoms with E-state index in [1.807, 2.05) is 48.5 Å². The van der Waals surface area contributed by atoms with Crippen LogP contribution in [0.4, 0.5) is 0 Å². The molecule has 1 aliphatic heterocycles. The average molecular weight is 404 g/mol. The molecule has 0 spiro atoms. The van der Waals surface area contributed by atoms with Crippen LogP contribution >= 0.6 is 11.3 Å². The van der Waals surface area contributed by atoms with Gasteiger partial charge in [-0.25, -0.2) is 0 Å². The van der Waals surface area contributed by atoms with Gasteiger partial charge < -0.3 is 9.47 Å². The lowest BCUT2D eigenvalue weighted by atomic mass is 10.1. The Morgan fingerprint density at radius 2 is 1.97 bits per heavy atom. The van der Waals surface area contributed by atoms with Crippen molar-refractivity contribution in [2.75, 3.05) is 6.54 Å². The fourth-order valence-electron chi connectivity index (χ4n) is 3.82. The van der Waals surface area contributed by atoms with Crippen LogP contribution in [0.25, 0.3) is 21.8 Å². The van der Waals surface area contributed by atoms with E-state index in [0.717, 1.165) is 22.8 Å². The molecule has 0 unspecified atom stereocenters. The lowest BCUT2D eigenvalue weighted by Crippen LogP contribution is -2.40. The van der Waals surface area contributed by atoms with Gasteiger partial charge in [-0.05, 0) is 36.1 Å². The number of aryl methyl sites for hydroxylation is 1. The first-order valence-corrected chi connectivity index (χ1v) is 10.3. The topological polar surface area (TPSA) is 68.8 Å². The maximum absolute atomic E-state index is 13.1. The van der Waals surface area contributed by atoms with E-state index >= 15 is 0 Å². The molecule has 8 heteroatoms. The van der Waals surface area contributed by atoms with Gasteiger partial charge in [-0.15, -0.1) is 21.5 Å². The van der Waals surface area contributed by atoms with Gasteiger partial charge in [0.05, 0.1) is 24.3 Å². The second-order valence-corrected chi connectivity index (χ2v) is 8.25. The third-order valence-corrected chi connectivity index (χ3v) is 6.13. The highest BCUT2D eigenvalue weighted by molar-refractivity contribution is 7.13. The number of carbonyl (C=O) groups is 1. The number of hydrogen-bond donors (Lipinski definition) is 0. The van der Waals surface area contributed by atoms with Gasteiger partial charge >= 0.3 is 0 Å². The number of aromatic nitrogens is 5. The molecule has 0 aliphatic carbocycles. The third-order valence-electron chi connectivity index (χ3n) is 5.21. The summed E-state index contributed by atoms with van der Waals surface area (Å²) in [5, 5.41) is 15.0. The summed E-state index contributed by atoms with van der Waals surface area (Å²) in [6.07, 6.45) is 3.72. The molecule has 146 valence electrons. The summed E-state index contributed by atoms with van der Waals surface area (Å²) in [6, 6.07) is 12.0. The van der Waals surface area contributed by atoms with E-state index in [1.165, 1.54) is 4.88 Å². The number of benzene rings is 1. The van der Waals surface area contributed by atoms with Crippen LogP contribution < -0.4 is 0 Å². The van der Waals surface area contributed by atoms with Crippen LogP contribution in [-0.2, 0) is 13.6 Å². The Morgan fingerprint density at radius 1 is 1.14 bits per heavy atom. The molecular weight excluding hydrogens is 384 g/mol. The highest BCUT2D eigenvalue weighted by Crippen LogP contribution is 2.29. The third kappa shape index (κ3) is 3.15. The lowest BCUT2D eigenvalue weighted by molar-refractivity contribution is 0.0682. The molecule has 5 rings (SSSR count). The van der Waals surface area contributed by atoms with Gasteiger partial charge in [0.25, 0.3) is 5.91 Å². The fraction of sp³-hybridized carbons (Fsp3) is 0.238. The van der Waals surface area contributed by atoms with E-state index < -0.39 is 0 Å². The Hall–Kier alpha value is -3.26. The van der Waals surface area contributed by atoms with Crippen molar-refractivity contribution >= 4 is 17.2 Å². The minimum atomic E-state index is 0.0201. The summed E-state index contributed by atoms with van der Waals surface area (Å²) < 4.78 is 3.86. The molecule has 29 heavy (non-hydrogen) atoms. The zero-order valence-electron chi connectivity index (χ0n) is 16.2. The van der Waals surface area contributed by atoms with Crippen LogP contribution in [0.5, 0.6) is 0 Å². The van der Waals surface area contributed by atoms with Crippen molar-refractivity contribution in [3.63, 3.8) is 0 Å². The number of rotatable bonds is 3. The minimum Gasteiger partial charge on any atom is -0.329 e. The fourth-order valence-corrected chi connectivity index (χ4v) is 4.55. The maximum Gasteiger partial charge on any atom is 0.254 e. The Morgan fingerprint density at radius 3 is 2.66 bits per heavy atom. The molecule has 7 nitrogen and oxygen atoms in total. The molecular formula is C21H20N6OS. The predicted octanol–water partition coefficient (Wildman–Crippen LogP) is 3.62. The largest absolute Gasteiger partial charge is 0.329 e. The summed E-state index contributed by atoms with van der Waals surface area (Å²) in [4.78, 5) is 16.1. The molecule has 0 saturated carbocycles. The van der Waals surface area contributed by atoms with Gasteiger partial charge in [-0.2, -0.15) is 5.10 Å². The Labute approximate surface area is 172 Å². The first-order valence-electron chi connectivity index (χ1n) is 9.46. The van der Waals surface area contributed by atoms with Crippen LogP contribution in [-0.4, -0.2) is 41.9 Å². The molecule has 1 aliphatic rings. The molecule has 4 heterocycles. The monoisotopic (exact) mass is 404 g/mol. The molecule has 3 aromatic heterocycles. The molecule has 1 amide bonds. The van der Waals surface area contributed by atoms with Crippen LogP contribution in [0.2, 0.25) is 0 Å². The standard InChI is InChI=1S/C21H20N6OS/c1-14-11-26(13-19-23-24-20(27(14)19)17-10-22-25(2)12-17)21(28)16-7-5-15(6-8-16)18-4-3-9-29-18/h3-10,12,14H,11,13H2,1-2H3/t14-/m0/s1. The first-order chi connectivity index (χ1) is 14.1. The highest BCUT2D eigenvalue weighted by atomic mass is 32.1. The Bertz CT molecular complexity index is 1160. The maximum atomic E-state index is 13.1. The van der Waals surface area contributed by atoms with Crippen molar-refractivity contribution in [1.82, 2.24) is 29.4 Å². The Kier molecular flexibility index (Phi) is 4.28. The van der Waals surface area contributed by atoms with Crippen molar-refractivity contribution in [3.05, 3.63) is 65.6 Å². The van der Waals surface area contributed by atoms with Crippen molar-refractivity contribution in [1.29, 1.82) is 0 Å². The molecule has 0 saturated heterocycles. The number of fused-ring (bicyclic) bond motifs is 1. The minimum absolute atomic E-state index is 0.0201. The van der Waals surface area contributed by atoms with Crippen LogP contribution in [0.15, 0.2) is 54.2 Å². The van der Waals surface area contributed by atoms with Crippen molar-refractivity contribution in [3.8, 4) is 21.8 Å². The second-order valence-electron chi connectivity index (χ2n) is 7.30. The normalized spacial score (nSPS) is 16.1. The number of amides is 1. The van der Waals surface area contributed by atoms with Crippen molar-refractivity contribution in [2.45, 2.75) is 19.5 Å².